The van der Waals surface area contributed by atoms with Gasteiger partial charge in [-0.1, -0.05) is 18.2 Å². The number of piperidine rings is 1. The van der Waals surface area contributed by atoms with Crippen LogP contribution in [0.15, 0.2) is 24.3 Å². The van der Waals surface area contributed by atoms with E-state index in [-0.39, 0.29) is 17.9 Å². The SMILES string of the molecule is COCc1ccccc1NC(=O)C1CCN(C(=O)N2CCCC2)CC1. The van der Waals surface area contributed by atoms with Gasteiger partial charge in [0.25, 0.3) is 0 Å². The average molecular weight is 345 g/mol. The van der Waals surface area contributed by atoms with Crippen LogP contribution in [0.2, 0.25) is 0 Å². The molecule has 0 unspecified atom stereocenters. The Morgan fingerprint density at radius 1 is 1.08 bits per heavy atom. The Balaban J connectivity index is 1.52. The van der Waals surface area contributed by atoms with Crippen LogP contribution >= 0.6 is 0 Å². The first-order valence-electron chi connectivity index (χ1n) is 9.10. The molecule has 6 nitrogen and oxygen atoms in total. The van der Waals surface area contributed by atoms with E-state index < -0.39 is 0 Å². The zero-order valence-corrected chi connectivity index (χ0v) is 14.9. The van der Waals surface area contributed by atoms with E-state index >= 15 is 0 Å². The number of methoxy groups -OCH3 is 1. The van der Waals surface area contributed by atoms with Crippen molar-refractivity contribution in [3.05, 3.63) is 29.8 Å². The highest BCUT2D eigenvalue weighted by molar-refractivity contribution is 5.93. The standard InChI is InChI=1S/C19H27N3O3/c1-25-14-16-6-2-3-7-17(16)20-18(23)15-8-12-22(13-9-15)19(24)21-10-4-5-11-21/h2-3,6-7,15H,4-5,8-14H2,1H3,(H,20,23). The number of hydrogen-bond donors (Lipinski definition) is 1. The summed E-state index contributed by atoms with van der Waals surface area (Å²) < 4.78 is 5.18. The van der Waals surface area contributed by atoms with Gasteiger partial charge in [0.1, 0.15) is 0 Å². The molecule has 25 heavy (non-hydrogen) atoms. The predicted molar refractivity (Wildman–Crippen MR) is 96.3 cm³/mol. The summed E-state index contributed by atoms with van der Waals surface area (Å²) in [7, 11) is 1.64. The fourth-order valence-electron chi connectivity index (χ4n) is 3.60. The summed E-state index contributed by atoms with van der Waals surface area (Å²) in [5, 5.41) is 3.03. The van der Waals surface area contributed by atoms with Crippen LogP contribution in [0.4, 0.5) is 10.5 Å². The summed E-state index contributed by atoms with van der Waals surface area (Å²) in [6.07, 6.45) is 3.65. The molecule has 0 saturated carbocycles. The van der Waals surface area contributed by atoms with Gasteiger partial charge in [0, 0.05) is 50.5 Å². The number of hydrogen-bond acceptors (Lipinski definition) is 3. The van der Waals surface area contributed by atoms with Gasteiger partial charge in [-0.3, -0.25) is 4.79 Å². The van der Waals surface area contributed by atoms with Gasteiger partial charge in [0.2, 0.25) is 5.91 Å². The lowest BCUT2D eigenvalue weighted by Crippen LogP contribution is -2.47. The van der Waals surface area contributed by atoms with Crippen LogP contribution in [0.1, 0.15) is 31.2 Å². The molecule has 0 aromatic heterocycles. The van der Waals surface area contributed by atoms with Crippen molar-refractivity contribution in [1.82, 2.24) is 9.80 Å². The molecule has 2 heterocycles. The number of ether oxygens (including phenoxy) is 1. The summed E-state index contributed by atoms with van der Waals surface area (Å²) in [5.41, 5.74) is 1.78. The molecule has 3 amide bonds. The second kappa shape index (κ2) is 8.34. The van der Waals surface area contributed by atoms with Gasteiger partial charge in [-0.2, -0.15) is 0 Å². The topological polar surface area (TPSA) is 61.9 Å². The van der Waals surface area contributed by atoms with Crippen molar-refractivity contribution in [2.45, 2.75) is 32.3 Å². The number of nitrogens with one attached hydrogen (secondary N) is 1. The summed E-state index contributed by atoms with van der Waals surface area (Å²) in [6.45, 7) is 3.53. The molecule has 1 aromatic carbocycles. The number of para-hydroxylation sites is 1. The first-order chi connectivity index (χ1) is 12.2. The van der Waals surface area contributed by atoms with Crippen LogP contribution in [0, 0.1) is 5.92 Å². The lowest BCUT2D eigenvalue weighted by Gasteiger charge is -2.34. The Morgan fingerprint density at radius 3 is 2.40 bits per heavy atom. The van der Waals surface area contributed by atoms with Crippen LogP contribution in [0.5, 0.6) is 0 Å². The number of rotatable bonds is 4. The van der Waals surface area contributed by atoms with E-state index in [9.17, 15) is 9.59 Å². The number of carbonyl (C=O) groups is 2. The van der Waals surface area contributed by atoms with Crippen LogP contribution in [0.25, 0.3) is 0 Å². The third-order valence-corrected chi connectivity index (χ3v) is 5.09. The minimum absolute atomic E-state index is 0.0387. The second-order valence-electron chi connectivity index (χ2n) is 6.82. The minimum atomic E-state index is -0.0433. The van der Waals surface area contributed by atoms with Crippen molar-refractivity contribution in [3.63, 3.8) is 0 Å². The van der Waals surface area contributed by atoms with Crippen molar-refractivity contribution in [1.29, 1.82) is 0 Å². The Bertz CT molecular complexity index is 606. The molecule has 6 heteroatoms. The largest absolute Gasteiger partial charge is 0.380 e. The highest BCUT2D eigenvalue weighted by Gasteiger charge is 2.30. The Kier molecular flexibility index (Phi) is 5.91. The molecule has 0 aliphatic carbocycles. The first-order valence-corrected chi connectivity index (χ1v) is 9.10. The summed E-state index contributed by atoms with van der Waals surface area (Å²) in [4.78, 5) is 28.8. The third-order valence-electron chi connectivity index (χ3n) is 5.09. The van der Waals surface area contributed by atoms with Gasteiger partial charge < -0.3 is 19.9 Å². The highest BCUT2D eigenvalue weighted by atomic mass is 16.5. The molecule has 0 bridgehead atoms. The van der Waals surface area contributed by atoms with E-state index in [4.69, 9.17) is 4.74 Å². The maximum atomic E-state index is 12.6. The Labute approximate surface area is 149 Å². The molecule has 0 radical (unpaired) electrons. The van der Waals surface area contributed by atoms with Crippen molar-refractivity contribution in [3.8, 4) is 0 Å². The van der Waals surface area contributed by atoms with Crippen molar-refractivity contribution in [2.24, 2.45) is 5.92 Å². The number of nitrogens with zero attached hydrogens (tertiary/aromatic N) is 2. The number of likely N-dealkylation sites (tertiary alicyclic amines) is 2. The van der Waals surface area contributed by atoms with E-state index in [0.717, 1.165) is 50.0 Å². The lowest BCUT2D eigenvalue weighted by molar-refractivity contribution is -0.121. The molecule has 136 valence electrons. The molecule has 2 aliphatic rings. The Hall–Kier alpha value is -2.08. The molecule has 0 spiro atoms. The number of urea groups is 1. The van der Waals surface area contributed by atoms with Gasteiger partial charge in [0.15, 0.2) is 0 Å². The zero-order chi connectivity index (χ0) is 17.6. The number of anilines is 1. The van der Waals surface area contributed by atoms with E-state index in [1.54, 1.807) is 7.11 Å². The normalized spacial score (nSPS) is 18.4. The molecule has 2 aliphatic heterocycles. The highest BCUT2D eigenvalue weighted by Crippen LogP contribution is 2.23. The smallest absolute Gasteiger partial charge is 0.319 e. The first kappa shape index (κ1) is 17.7. The van der Waals surface area contributed by atoms with Crippen molar-refractivity contribution >= 4 is 17.6 Å². The molecular weight excluding hydrogens is 318 g/mol. The van der Waals surface area contributed by atoms with Gasteiger partial charge in [-0.15, -0.1) is 0 Å². The number of benzene rings is 1. The maximum absolute atomic E-state index is 12.6. The molecular formula is C19H27N3O3. The van der Waals surface area contributed by atoms with Crippen LogP contribution in [-0.4, -0.2) is 55.0 Å². The molecule has 1 N–H and O–H groups in total. The summed E-state index contributed by atoms with van der Waals surface area (Å²) in [5.74, 6) is -0.00458. The monoisotopic (exact) mass is 345 g/mol. The zero-order valence-electron chi connectivity index (χ0n) is 14.9. The summed E-state index contributed by atoms with van der Waals surface area (Å²) in [6, 6.07) is 7.84. The van der Waals surface area contributed by atoms with Gasteiger partial charge >= 0.3 is 6.03 Å². The molecule has 1 aromatic rings. The van der Waals surface area contributed by atoms with Crippen LogP contribution in [-0.2, 0) is 16.1 Å². The van der Waals surface area contributed by atoms with Crippen LogP contribution < -0.4 is 5.32 Å². The van der Waals surface area contributed by atoms with E-state index in [1.807, 2.05) is 34.1 Å². The molecule has 0 atom stereocenters. The number of carbonyl (C=O) groups excluding carboxylic acids is 2. The fourth-order valence-corrected chi connectivity index (χ4v) is 3.60. The van der Waals surface area contributed by atoms with Gasteiger partial charge in [-0.25, -0.2) is 4.79 Å². The fraction of sp³-hybridized carbons (Fsp3) is 0.579. The van der Waals surface area contributed by atoms with Gasteiger partial charge in [-0.05, 0) is 31.7 Å². The van der Waals surface area contributed by atoms with Crippen molar-refractivity contribution < 1.29 is 14.3 Å². The maximum Gasteiger partial charge on any atom is 0.319 e. The summed E-state index contributed by atoms with van der Waals surface area (Å²) >= 11 is 0. The number of amides is 3. The quantitative estimate of drug-likeness (QED) is 0.913. The Morgan fingerprint density at radius 2 is 1.72 bits per heavy atom. The minimum Gasteiger partial charge on any atom is -0.380 e. The van der Waals surface area contributed by atoms with E-state index in [2.05, 4.69) is 5.32 Å². The van der Waals surface area contributed by atoms with Crippen molar-refractivity contribution in [2.75, 3.05) is 38.6 Å². The molecule has 3 rings (SSSR count). The van der Waals surface area contributed by atoms with Gasteiger partial charge in [0.05, 0.1) is 6.61 Å². The third kappa shape index (κ3) is 4.31. The average Bonchev–Trinajstić information content (AvgIpc) is 3.18. The lowest BCUT2D eigenvalue weighted by atomic mass is 9.96. The molecule has 2 fully saturated rings. The van der Waals surface area contributed by atoms with Crippen LogP contribution in [0.3, 0.4) is 0 Å². The molecule has 2 saturated heterocycles. The van der Waals surface area contributed by atoms with E-state index in [0.29, 0.717) is 19.7 Å². The predicted octanol–water partition coefficient (Wildman–Crippen LogP) is 2.70. The van der Waals surface area contributed by atoms with E-state index in [1.165, 1.54) is 0 Å². The second-order valence-corrected chi connectivity index (χ2v) is 6.82.